The second kappa shape index (κ2) is 10.4. The van der Waals surface area contributed by atoms with Crippen LogP contribution in [0.4, 0.5) is 0 Å². The van der Waals surface area contributed by atoms with Gasteiger partial charge in [-0.05, 0) is 49.6 Å². The van der Waals surface area contributed by atoms with Gasteiger partial charge in [0, 0.05) is 30.6 Å². The average Bonchev–Trinajstić information content (AvgIpc) is 2.75. The van der Waals surface area contributed by atoms with E-state index in [1.165, 1.54) is 0 Å². The number of thiocarbonyl (C=S) groups is 1. The summed E-state index contributed by atoms with van der Waals surface area (Å²) >= 11 is 5.34. The first-order valence-electron chi connectivity index (χ1n) is 9.63. The molecular formula is C21H28N4O2S. The molecule has 6 nitrogen and oxygen atoms in total. The van der Waals surface area contributed by atoms with Crippen molar-refractivity contribution >= 4 is 33.8 Å². The lowest BCUT2D eigenvalue weighted by Crippen LogP contribution is -2.39. The van der Waals surface area contributed by atoms with Crippen LogP contribution in [0.2, 0.25) is 0 Å². The van der Waals surface area contributed by atoms with E-state index in [0.29, 0.717) is 5.11 Å². The summed E-state index contributed by atoms with van der Waals surface area (Å²) in [5.74, 6) is 0.859. The van der Waals surface area contributed by atoms with Gasteiger partial charge >= 0.3 is 0 Å². The van der Waals surface area contributed by atoms with Crippen LogP contribution in [0.15, 0.2) is 41.5 Å². The van der Waals surface area contributed by atoms with Gasteiger partial charge in [0.1, 0.15) is 5.75 Å². The van der Waals surface area contributed by atoms with Crippen molar-refractivity contribution in [3.05, 3.63) is 42.0 Å². The lowest BCUT2D eigenvalue weighted by molar-refractivity contribution is 0.0376. The van der Waals surface area contributed by atoms with Crippen molar-refractivity contribution < 1.29 is 9.47 Å². The summed E-state index contributed by atoms with van der Waals surface area (Å²) in [4.78, 5) is 2.42. The van der Waals surface area contributed by atoms with Crippen LogP contribution < -0.4 is 15.5 Å². The van der Waals surface area contributed by atoms with Crippen molar-refractivity contribution in [2.75, 3.05) is 46.5 Å². The molecule has 2 N–H and O–H groups in total. The molecule has 0 saturated carbocycles. The molecule has 0 atom stereocenters. The van der Waals surface area contributed by atoms with Gasteiger partial charge in [0.15, 0.2) is 5.11 Å². The maximum atomic E-state index is 5.46. The lowest BCUT2D eigenvalue weighted by atomic mass is 10.0. The maximum absolute atomic E-state index is 5.46. The smallest absolute Gasteiger partial charge is 0.186 e. The number of hydrogen-bond acceptors (Lipinski definition) is 5. The Morgan fingerprint density at radius 2 is 1.93 bits per heavy atom. The number of fused-ring (bicyclic) bond motifs is 1. The molecule has 0 amide bonds. The monoisotopic (exact) mass is 400 g/mol. The second-order valence-corrected chi connectivity index (χ2v) is 7.14. The Hall–Kier alpha value is -2.22. The zero-order valence-electron chi connectivity index (χ0n) is 16.5. The highest BCUT2D eigenvalue weighted by Gasteiger charge is 2.10. The van der Waals surface area contributed by atoms with Crippen molar-refractivity contribution in [2.24, 2.45) is 5.10 Å². The summed E-state index contributed by atoms with van der Waals surface area (Å²) in [6.45, 7) is 7.55. The fourth-order valence-electron chi connectivity index (χ4n) is 3.33. The predicted molar refractivity (Wildman–Crippen MR) is 118 cm³/mol. The first-order chi connectivity index (χ1) is 13.7. The number of nitrogens with one attached hydrogen (secondary N) is 2. The first kappa shape index (κ1) is 20.5. The van der Waals surface area contributed by atoms with Crippen LogP contribution in [0.1, 0.15) is 18.9 Å². The van der Waals surface area contributed by atoms with Gasteiger partial charge in [-0.25, -0.2) is 0 Å². The van der Waals surface area contributed by atoms with Crippen molar-refractivity contribution in [2.45, 2.75) is 13.3 Å². The zero-order valence-corrected chi connectivity index (χ0v) is 17.3. The number of morpholine rings is 1. The van der Waals surface area contributed by atoms with Gasteiger partial charge in [0.2, 0.25) is 0 Å². The van der Waals surface area contributed by atoms with Gasteiger partial charge in [-0.1, -0.05) is 24.3 Å². The third-order valence-corrected chi connectivity index (χ3v) is 5.09. The van der Waals surface area contributed by atoms with Crippen LogP contribution in [0.5, 0.6) is 5.75 Å². The maximum Gasteiger partial charge on any atom is 0.186 e. The van der Waals surface area contributed by atoms with E-state index in [4.69, 9.17) is 21.7 Å². The number of nitrogens with zero attached hydrogens (tertiary/aromatic N) is 2. The van der Waals surface area contributed by atoms with E-state index in [0.717, 1.165) is 73.6 Å². The van der Waals surface area contributed by atoms with Crippen LogP contribution >= 0.6 is 12.2 Å². The molecule has 1 heterocycles. The molecule has 0 unspecified atom stereocenters. The Balaban J connectivity index is 1.52. The molecule has 2 aromatic carbocycles. The molecule has 150 valence electrons. The molecule has 1 aliphatic heterocycles. The van der Waals surface area contributed by atoms with Crippen LogP contribution in [0.25, 0.3) is 10.8 Å². The summed E-state index contributed by atoms with van der Waals surface area (Å²) in [5, 5.41) is 10.4. The average molecular weight is 401 g/mol. The van der Waals surface area contributed by atoms with Crippen LogP contribution in [-0.2, 0) is 4.74 Å². The molecule has 1 saturated heterocycles. The zero-order chi connectivity index (χ0) is 19.8. The summed E-state index contributed by atoms with van der Waals surface area (Å²) in [6.07, 6.45) is 1.04. The summed E-state index contributed by atoms with van der Waals surface area (Å²) in [6, 6.07) is 12.2. The minimum absolute atomic E-state index is 0.541. The van der Waals surface area contributed by atoms with Crippen LogP contribution in [0, 0.1) is 0 Å². The number of benzene rings is 2. The highest BCUT2D eigenvalue weighted by molar-refractivity contribution is 7.80. The Morgan fingerprint density at radius 1 is 1.18 bits per heavy atom. The van der Waals surface area contributed by atoms with Crippen molar-refractivity contribution in [3.63, 3.8) is 0 Å². The van der Waals surface area contributed by atoms with Crippen molar-refractivity contribution in [3.8, 4) is 5.75 Å². The summed E-state index contributed by atoms with van der Waals surface area (Å²) in [5.41, 5.74) is 4.88. The van der Waals surface area contributed by atoms with E-state index in [9.17, 15) is 0 Å². The minimum Gasteiger partial charge on any atom is -0.496 e. The summed E-state index contributed by atoms with van der Waals surface area (Å²) in [7, 11) is 1.69. The van der Waals surface area contributed by atoms with Gasteiger partial charge < -0.3 is 14.8 Å². The third kappa shape index (κ3) is 5.41. The van der Waals surface area contributed by atoms with Gasteiger partial charge in [0.05, 0.1) is 26.0 Å². The molecular weight excluding hydrogens is 372 g/mol. The molecule has 2 aromatic rings. The Labute approximate surface area is 171 Å². The quantitative estimate of drug-likeness (QED) is 0.323. The number of ether oxygens (including phenoxy) is 2. The normalized spacial score (nSPS) is 15.4. The number of rotatable bonds is 7. The second-order valence-electron chi connectivity index (χ2n) is 6.73. The van der Waals surface area contributed by atoms with E-state index in [1.54, 1.807) is 7.11 Å². The molecule has 0 radical (unpaired) electrons. The largest absolute Gasteiger partial charge is 0.496 e. The molecule has 0 spiro atoms. The Bertz CT molecular complexity index is 834. The fourth-order valence-corrected chi connectivity index (χ4v) is 3.48. The minimum atomic E-state index is 0.541. The van der Waals surface area contributed by atoms with Crippen LogP contribution in [-0.4, -0.2) is 62.2 Å². The molecule has 28 heavy (non-hydrogen) atoms. The topological polar surface area (TPSA) is 58.1 Å². The number of methoxy groups -OCH3 is 1. The van der Waals surface area contributed by atoms with Crippen LogP contribution in [0.3, 0.4) is 0 Å². The van der Waals surface area contributed by atoms with Crippen molar-refractivity contribution in [1.29, 1.82) is 0 Å². The molecule has 3 rings (SSSR count). The first-order valence-corrected chi connectivity index (χ1v) is 10.0. The standard InChI is InChI=1S/C21H28N4O2S/c1-16(17-8-9-20(26-2)19-7-4-3-6-18(17)19)23-24-21(28)22-10-5-11-25-12-14-27-15-13-25/h3-4,6-9H,5,10-15H2,1-2H3,(H2,22,24,28)/b23-16-. The Morgan fingerprint density at radius 3 is 2.68 bits per heavy atom. The van der Waals surface area contributed by atoms with E-state index < -0.39 is 0 Å². The van der Waals surface area contributed by atoms with Crippen molar-refractivity contribution in [1.82, 2.24) is 15.6 Å². The van der Waals surface area contributed by atoms with Gasteiger partial charge in [-0.15, -0.1) is 0 Å². The van der Waals surface area contributed by atoms with E-state index in [2.05, 4.69) is 32.9 Å². The molecule has 1 fully saturated rings. The molecule has 7 heteroatoms. The fraction of sp³-hybridized carbons (Fsp3) is 0.429. The van der Waals surface area contributed by atoms with Gasteiger partial charge in [-0.2, -0.15) is 5.10 Å². The third-order valence-electron chi connectivity index (χ3n) is 4.86. The van der Waals surface area contributed by atoms with E-state index >= 15 is 0 Å². The summed E-state index contributed by atoms with van der Waals surface area (Å²) < 4.78 is 10.8. The molecule has 0 bridgehead atoms. The molecule has 0 aromatic heterocycles. The SMILES string of the molecule is COc1ccc(/C(C)=N\NC(=S)NCCCN2CCOCC2)c2ccccc12. The van der Waals surface area contributed by atoms with E-state index in [1.807, 2.05) is 31.2 Å². The van der Waals surface area contributed by atoms with E-state index in [-0.39, 0.29) is 0 Å². The number of hydrazone groups is 1. The Kier molecular flexibility index (Phi) is 7.59. The highest BCUT2D eigenvalue weighted by atomic mass is 32.1. The number of hydrogen-bond donors (Lipinski definition) is 2. The lowest BCUT2D eigenvalue weighted by Gasteiger charge is -2.26. The molecule has 1 aliphatic rings. The van der Waals surface area contributed by atoms with Gasteiger partial charge in [0.25, 0.3) is 0 Å². The highest BCUT2D eigenvalue weighted by Crippen LogP contribution is 2.28. The predicted octanol–water partition coefficient (Wildman–Crippen LogP) is 2.76. The molecule has 0 aliphatic carbocycles. The van der Waals surface area contributed by atoms with Gasteiger partial charge in [-0.3, -0.25) is 10.3 Å².